The van der Waals surface area contributed by atoms with E-state index in [9.17, 15) is 0 Å². The molecule has 0 atom stereocenters. The van der Waals surface area contributed by atoms with Crippen LogP contribution in [0, 0.1) is 11.3 Å². The molecule has 0 saturated carbocycles. The molecule has 0 N–H and O–H groups in total. The lowest BCUT2D eigenvalue weighted by Crippen LogP contribution is -2.43. The predicted octanol–water partition coefficient (Wildman–Crippen LogP) is 2.43. The Labute approximate surface area is 75.2 Å². The summed E-state index contributed by atoms with van der Waals surface area (Å²) in [6.07, 6.45) is 0. The Bertz CT molecular complexity index is 146. The quantitative estimate of drug-likeness (QED) is 0.558. The van der Waals surface area contributed by atoms with Crippen LogP contribution in [0.5, 0.6) is 0 Å². The van der Waals surface area contributed by atoms with Crippen molar-refractivity contribution in [2.24, 2.45) is 11.3 Å². The molecule has 0 radical (unpaired) electrons. The first-order valence-electron chi connectivity index (χ1n) is 4.59. The lowest BCUT2D eigenvalue weighted by molar-refractivity contribution is -0.272. The van der Waals surface area contributed by atoms with E-state index in [2.05, 4.69) is 20.8 Å². The van der Waals surface area contributed by atoms with E-state index in [0.717, 1.165) is 13.2 Å². The van der Waals surface area contributed by atoms with E-state index >= 15 is 0 Å². The minimum atomic E-state index is -0.373. The molecule has 1 saturated heterocycles. The number of hydrogen-bond donors (Lipinski definition) is 0. The molecule has 72 valence electrons. The van der Waals surface area contributed by atoms with E-state index in [4.69, 9.17) is 9.47 Å². The van der Waals surface area contributed by atoms with Crippen LogP contribution >= 0.6 is 0 Å². The Morgan fingerprint density at radius 2 is 1.50 bits per heavy atom. The van der Waals surface area contributed by atoms with Gasteiger partial charge < -0.3 is 9.47 Å². The smallest absolute Gasteiger partial charge is 0.162 e. The molecule has 2 nitrogen and oxygen atoms in total. The first-order valence-corrected chi connectivity index (χ1v) is 4.59. The van der Waals surface area contributed by atoms with Crippen LogP contribution in [-0.4, -0.2) is 19.0 Å². The second-order valence-corrected chi connectivity index (χ2v) is 5.08. The van der Waals surface area contributed by atoms with Crippen molar-refractivity contribution in [1.82, 2.24) is 0 Å². The minimum absolute atomic E-state index is 0.288. The zero-order chi connectivity index (χ0) is 9.41. The molecule has 0 aromatic rings. The summed E-state index contributed by atoms with van der Waals surface area (Å²) in [5.41, 5.74) is 0.288. The van der Waals surface area contributed by atoms with Crippen LogP contribution in [0.3, 0.4) is 0 Å². The second kappa shape index (κ2) is 3.00. The Morgan fingerprint density at radius 3 is 1.83 bits per heavy atom. The molecule has 0 amide bonds. The maximum absolute atomic E-state index is 5.58. The van der Waals surface area contributed by atoms with Crippen molar-refractivity contribution in [2.75, 3.05) is 13.2 Å². The van der Waals surface area contributed by atoms with Crippen LogP contribution in [-0.2, 0) is 9.47 Å². The zero-order valence-electron chi connectivity index (χ0n) is 8.81. The summed E-state index contributed by atoms with van der Waals surface area (Å²) in [5.74, 6) is 0.146. The van der Waals surface area contributed by atoms with Gasteiger partial charge in [-0.3, -0.25) is 0 Å². The SMILES string of the molecule is CC1(C)OCC(C(C)(C)C)CO1. The van der Waals surface area contributed by atoms with E-state index < -0.39 is 0 Å². The van der Waals surface area contributed by atoms with Gasteiger partial charge in [0.2, 0.25) is 0 Å². The highest BCUT2D eigenvalue weighted by atomic mass is 16.7. The average molecular weight is 172 g/mol. The maximum Gasteiger partial charge on any atom is 0.162 e. The summed E-state index contributed by atoms with van der Waals surface area (Å²) in [4.78, 5) is 0. The summed E-state index contributed by atoms with van der Waals surface area (Å²) in [5, 5.41) is 0. The van der Waals surface area contributed by atoms with Crippen molar-refractivity contribution in [3.8, 4) is 0 Å². The van der Waals surface area contributed by atoms with Crippen molar-refractivity contribution >= 4 is 0 Å². The minimum Gasteiger partial charge on any atom is -0.350 e. The molecule has 0 aromatic carbocycles. The molecule has 0 aliphatic carbocycles. The van der Waals surface area contributed by atoms with E-state index in [1.165, 1.54) is 0 Å². The van der Waals surface area contributed by atoms with E-state index in [1.807, 2.05) is 13.8 Å². The molecule has 1 heterocycles. The fourth-order valence-corrected chi connectivity index (χ4v) is 1.19. The van der Waals surface area contributed by atoms with Gasteiger partial charge in [-0.05, 0) is 19.3 Å². The van der Waals surface area contributed by atoms with Crippen LogP contribution in [0.1, 0.15) is 34.6 Å². The van der Waals surface area contributed by atoms with Gasteiger partial charge in [-0.1, -0.05) is 20.8 Å². The molecule has 0 unspecified atom stereocenters. The third kappa shape index (κ3) is 2.46. The first-order chi connectivity index (χ1) is 5.31. The third-order valence-corrected chi connectivity index (χ3v) is 2.49. The first kappa shape index (κ1) is 10.0. The van der Waals surface area contributed by atoms with Crippen molar-refractivity contribution in [3.05, 3.63) is 0 Å². The summed E-state index contributed by atoms with van der Waals surface area (Å²) >= 11 is 0. The topological polar surface area (TPSA) is 18.5 Å². The summed E-state index contributed by atoms with van der Waals surface area (Å²) in [6.45, 7) is 12.2. The second-order valence-electron chi connectivity index (χ2n) is 5.08. The molecular formula is C10H20O2. The molecule has 1 fully saturated rings. The molecule has 1 aliphatic heterocycles. The monoisotopic (exact) mass is 172 g/mol. The summed E-state index contributed by atoms with van der Waals surface area (Å²) in [7, 11) is 0. The highest BCUT2D eigenvalue weighted by molar-refractivity contribution is 4.77. The van der Waals surface area contributed by atoms with Gasteiger partial charge in [0.25, 0.3) is 0 Å². The molecule has 0 spiro atoms. The molecule has 12 heavy (non-hydrogen) atoms. The molecule has 0 bridgehead atoms. The van der Waals surface area contributed by atoms with Crippen LogP contribution in [0.15, 0.2) is 0 Å². The molecule has 1 aliphatic rings. The van der Waals surface area contributed by atoms with E-state index in [-0.39, 0.29) is 11.2 Å². The molecule has 0 aromatic heterocycles. The fourth-order valence-electron chi connectivity index (χ4n) is 1.19. The summed E-state index contributed by atoms with van der Waals surface area (Å²) < 4.78 is 11.2. The number of hydrogen-bond acceptors (Lipinski definition) is 2. The van der Waals surface area contributed by atoms with Crippen molar-refractivity contribution in [1.29, 1.82) is 0 Å². The third-order valence-electron chi connectivity index (χ3n) is 2.49. The molecule has 2 heteroatoms. The lowest BCUT2D eigenvalue weighted by atomic mass is 9.81. The average Bonchev–Trinajstić information content (AvgIpc) is 1.83. The van der Waals surface area contributed by atoms with Gasteiger partial charge >= 0.3 is 0 Å². The van der Waals surface area contributed by atoms with Crippen LogP contribution in [0.4, 0.5) is 0 Å². The zero-order valence-corrected chi connectivity index (χ0v) is 8.81. The lowest BCUT2D eigenvalue weighted by Gasteiger charge is -2.40. The van der Waals surface area contributed by atoms with Crippen molar-refractivity contribution in [2.45, 2.75) is 40.4 Å². The van der Waals surface area contributed by atoms with Gasteiger partial charge in [0.05, 0.1) is 13.2 Å². The number of ether oxygens (including phenoxy) is 2. The fraction of sp³-hybridized carbons (Fsp3) is 1.00. The van der Waals surface area contributed by atoms with Crippen LogP contribution < -0.4 is 0 Å². The Morgan fingerprint density at radius 1 is 1.08 bits per heavy atom. The van der Waals surface area contributed by atoms with E-state index in [1.54, 1.807) is 0 Å². The Kier molecular flexibility index (Phi) is 2.50. The van der Waals surface area contributed by atoms with Crippen LogP contribution in [0.25, 0.3) is 0 Å². The van der Waals surface area contributed by atoms with Gasteiger partial charge in [-0.15, -0.1) is 0 Å². The van der Waals surface area contributed by atoms with Gasteiger partial charge in [0, 0.05) is 5.92 Å². The highest BCUT2D eigenvalue weighted by Gasteiger charge is 2.34. The van der Waals surface area contributed by atoms with E-state index in [0.29, 0.717) is 5.92 Å². The highest BCUT2D eigenvalue weighted by Crippen LogP contribution is 2.32. The normalized spacial score (nSPS) is 25.8. The Hall–Kier alpha value is -0.0800. The van der Waals surface area contributed by atoms with Crippen LogP contribution in [0.2, 0.25) is 0 Å². The Balaban J connectivity index is 2.47. The van der Waals surface area contributed by atoms with Crippen molar-refractivity contribution in [3.63, 3.8) is 0 Å². The maximum atomic E-state index is 5.58. The largest absolute Gasteiger partial charge is 0.350 e. The van der Waals surface area contributed by atoms with Crippen molar-refractivity contribution < 1.29 is 9.47 Å². The standard InChI is InChI=1S/C10H20O2/c1-9(2,3)8-6-11-10(4,5)12-7-8/h8H,6-7H2,1-5H3. The van der Waals surface area contributed by atoms with Gasteiger partial charge in [0.1, 0.15) is 0 Å². The summed E-state index contributed by atoms with van der Waals surface area (Å²) in [6, 6.07) is 0. The van der Waals surface area contributed by atoms with Gasteiger partial charge in [-0.25, -0.2) is 0 Å². The predicted molar refractivity (Wildman–Crippen MR) is 48.9 cm³/mol. The molecular weight excluding hydrogens is 152 g/mol. The number of rotatable bonds is 0. The van der Waals surface area contributed by atoms with Gasteiger partial charge in [0.15, 0.2) is 5.79 Å². The molecule has 1 rings (SSSR count). The van der Waals surface area contributed by atoms with Gasteiger partial charge in [-0.2, -0.15) is 0 Å².